The molecule has 0 radical (unpaired) electrons. The monoisotopic (exact) mass is 364 g/mol. The van der Waals surface area contributed by atoms with Gasteiger partial charge in [0.15, 0.2) is 6.61 Å². The molecule has 1 aliphatic heterocycles. The van der Waals surface area contributed by atoms with Crippen molar-refractivity contribution >= 4 is 39.0 Å². The van der Waals surface area contributed by atoms with Gasteiger partial charge in [0.2, 0.25) is 0 Å². The van der Waals surface area contributed by atoms with Crippen molar-refractivity contribution in [3.05, 3.63) is 39.3 Å². The first kappa shape index (κ1) is 17.3. The molecule has 3 rings (SSSR count). The van der Waals surface area contributed by atoms with Crippen LogP contribution >= 0.6 is 11.3 Å². The standard InChI is InChI=1S/C16H16N2O6S/c19-15(17-8-12-2-1-5-23-12)9-24-16(20)14-7-10-6-11(18(21)22)3-4-13(10)25-14/h3-4,6-7,12H,1-2,5,8-9H2,(H,17,19)/t12-/m0/s1. The molecule has 132 valence electrons. The molecule has 0 saturated carbocycles. The molecule has 2 aromatic rings. The van der Waals surface area contributed by atoms with Gasteiger partial charge in [-0.05, 0) is 25.0 Å². The molecule has 0 spiro atoms. The summed E-state index contributed by atoms with van der Waals surface area (Å²) in [7, 11) is 0. The van der Waals surface area contributed by atoms with E-state index in [2.05, 4.69) is 5.32 Å². The van der Waals surface area contributed by atoms with Gasteiger partial charge in [-0.2, -0.15) is 0 Å². The van der Waals surface area contributed by atoms with E-state index in [9.17, 15) is 19.7 Å². The number of esters is 1. The average Bonchev–Trinajstić information content (AvgIpc) is 3.26. The number of hydrogen-bond donors (Lipinski definition) is 1. The van der Waals surface area contributed by atoms with Crippen molar-refractivity contribution in [3.63, 3.8) is 0 Å². The van der Waals surface area contributed by atoms with E-state index in [-0.39, 0.29) is 24.3 Å². The molecular weight excluding hydrogens is 348 g/mol. The molecule has 2 heterocycles. The van der Waals surface area contributed by atoms with E-state index >= 15 is 0 Å². The number of thiophene rings is 1. The highest BCUT2D eigenvalue weighted by Crippen LogP contribution is 2.29. The van der Waals surface area contributed by atoms with Gasteiger partial charge in [0, 0.05) is 35.4 Å². The predicted molar refractivity (Wildman–Crippen MR) is 90.7 cm³/mol. The zero-order valence-corrected chi connectivity index (χ0v) is 14.0. The van der Waals surface area contributed by atoms with E-state index in [4.69, 9.17) is 9.47 Å². The normalized spacial score (nSPS) is 16.7. The summed E-state index contributed by atoms with van der Waals surface area (Å²) < 4.78 is 11.1. The molecule has 1 amide bonds. The van der Waals surface area contributed by atoms with E-state index in [0.717, 1.165) is 28.9 Å². The highest BCUT2D eigenvalue weighted by molar-refractivity contribution is 7.20. The maximum Gasteiger partial charge on any atom is 0.348 e. The molecule has 9 heteroatoms. The number of nitro benzene ring substituents is 1. The zero-order chi connectivity index (χ0) is 17.8. The number of carbonyl (C=O) groups is 2. The van der Waals surface area contributed by atoms with Crippen molar-refractivity contribution in [1.82, 2.24) is 5.32 Å². The molecule has 1 N–H and O–H groups in total. The Labute approximate surface area is 146 Å². The summed E-state index contributed by atoms with van der Waals surface area (Å²) >= 11 is 1.16. The van der Waals surface area contributed by atoms with Crippen molar-refractivity contribution in [2.75, 3.05) is 19.8 Å². The zero-order valence-electron chi connectivity index (χ0n) is 13.2. The van der Waals surface area contributed by atoms with Crippen LogP contribution in [0.2, 0.25) is 0 Å². The van der Waals surface area contributed by atoms with Crippen molar-refractivity contribution < 1.29 is 24.0 Å². The molecule has 0 unspecified atom stereocenters. The lowest BCUT2D eigenvalue weighted by Crippen LogP contribution is -2.34. The fourth-order valence-electron chi connectivity index (χ4n) is 2.53. The van der Waals surface area contributed by atoms with Crippen LogP contribution in [-0.2, 0) is 14.3 Å². The maximum atomic E-state index is 12.0. The number of ether oxygens (including phenoxy) is 2. The fraction of sp³-hybridized carbons (Fsp3) is 0.375. The Balaban J connectivity index is 1.54. The number of non-ortho nitro benzene ring substituents is 1. The molecule has 0 aliphatic carbocycles. The van der Waals surface area contributed by atoms with Crippen LogP contribution in [-0.4, -0.2) is 42.7 Å². The van der Waals surface area contributed by atoms with Crippen LogP contribution in [0.3, 0.4) is 0 Å². The molecule has 0 bridgehead atoms. The number of nitrogens with one attached hydrogen (secondary N) is 1. The smallest absolute Gasteiger partial charge is 0.348 e. The third kappa shape index (κ3) is 4.31. The van der Waals surface area contributed by atoms with Gasteiger partial charge in [-0.3, -0.25) is 14.9 Å². The topological polar surface area (TPSA) is 108 Å². The van der Waals surface area contributed by atoms with Gasteiger partial charge in [0.05, 0.1) is 11.0 Å². The molecule has 25 heavy (non-hydrogen) atoms. The van der Waals surface area contributed by atoms with E-state index < -0.39 is 10.9 Å². The summed E-state index contributed by atoms with van der Waals surface area (Å²) in [6, 6.07) is 5.90. The molecule has 1 aromatic carbocycles. The van der Waals surface area contributed by atoms with Gasteiger partial charge < -0.3 is 14.8 Å². The summed E-state index contributed by atoms with van der Waals surface area (Å²) in [5.41, 5.74) is -0.0428. The third-order valence-corrected chi connectivity index (χ3v) is 4.89. The Morgan fingerprint density at radius 3 is 2.96 bits per heavy atom. The van der Waals surface area contributed by atoms with Gasteiger partial charge in [0.1, 0.15) is 4.88 Å². The number of nitro groups is 1. The second kappa shape index (κ2) is 7.58. The van der Waals surface area contributed by atoms with Gasteiger partial charge >= 0.3 is 5.97 Å². The van der Waals surface area contributed by atoms with Gasteiger partial charge in [-0.15, -0.1) is 11.3 Å². The fourth-order valence-corrected chi connectivity index (χ4v) is 3.47. The first-order valence-corrected chi connectivity index (χ1v) is 8.58. The quantitative estimate of drug-likeness (QED) is 0.478. The van der Waals surface area contributed by atoms with Crippen LogP contribution in [0.15, 0.2) is 24.3 Å². The molecule has 1 saturated heterocycles. The molecule has 1 aromatic heterocycles. The minimum atomic E-state index is -0.629. The van der Waals surface area contributed by atoms with Gasteiger partial charge in [-0.1, -0.05) is 0 Å². The Kier molecular flexibility index (Phi) is 5.25. The molecular formula is C16H16N2O6S. The summed E-state index contributed by atoms with van der Waals surface area (Å²) in [4.78, 5) is 34.3. The molecule has 8 nitrogen and oxygen atoms in total. The van der Waals surface area contributed by atoms with E-state index in [1.165, 1.54) is 18.2 Å². The Morgan fingerprint density at radius 1 is 1.40 bits per heavy atom. The lowest BCUT2D eigenvalue weighted by atomic mass is 10.2. The Bertz CT molecular complexity index is 812. The second-order valence-electron chi connectivity index (χ2n) is 5.61. The number of nitrogens with zero attached hydrogens (tertiary/aromatic N) is 1. The summed E-state index contributed by atoms with van der Waals surface area (Å²) in [6.07, 6.45) is 1.92. The minimum absolute atomic E-state index is 0.0260. The summed E-state index contributed by atoms with van der Waals surface area (Å²) in [6.45, 7) is 0.739. The first-order valence-electron chi connectivity index (χ1n) is 7.76. The minimum Gasteiger partial charge on any atom is -0.451 e. The predicted octanol–water partition coefficient (Wildman–Crippen LogP) is 2.26. The molecule has 1 fully saturated rings. The second-order valence-corrected chi connectivity index (χ2v) is 6.69. The lowest BCUT2D eigenvalue weighted by molar-refractivity contribution is -0.384. The lowest BCUT2D eigenvalue weighted by Gasteiger charge is -2.10. The van der Waals surface area contributed by atoms with Gasteiger partial charge in [-0.25, -0.2) is 4.79 Å². The van der Waals surface area contributed by atoms with Crippen molar-refractivity contribution in [3.8, 4) is 0 Å². The van der Waals surface area contributed by atoms with E-state index in [0.29, 0.717) is 23.4 Å². The summed E-state index contributed by atoms with van der Waals surface area (Å²) in [5, 5.41) is 14.0. The third-order valence-electron chi connectivity index (χ3n) is 3.80. The molecule has 1 aliphatic rings. The van der Waals surface area contributed by atoms with Crippen LogP contribution in [0, 0.1) is 10.1 Å². The average molecular weight is 364 g/mol. The number of carbonyl (C=O) groups excluding carboxylic acids is 2. The highest BCUT2D eigenvalue weighted by Gasteiger charge is 2.18. The Morgan fingerprint density at radius 2 is 2.24 bits per heavy atom. The largest absolute Gasteiger partial charge is 0.451 e. The van der Waals surface area contributed by atoms with E-state index in [1.807, 2.05) is 0 Å². The summed E-state index contributed by atoms with van der Waals surface area (Å²) in [5.74, 6) is -1.02. The van der Waals surface area contributed by atoms with Crippen LogP contribution < -0.4 is 5.32 Å². The van der Waals surface area contributed by atoms with Crippen LogP contribution in [0.25, 0.3) is 10.1 Å². The van der Waals surface area contributed by atoms with E-state index in [1.54, 1.807) is 6.07 Å². The first-order chi connectivity index (χ1) is 12.0. The van der Waals surface area contributed by atoms with Crippen LogP contribution in [0.5, 0.6) is 0 Å². The van der Waals surface area contributed by atoms with Crippen molar-refractivity contribution in [2.24, 2.45) is 0 Å². The highest BCUT2D eigenvalue weighted by atomic mass is 32.1. The number of hydrogen-bond acceptors (Lipinski definition) is 7. The number of benzene rings is 1. The number of rotatable bonds is 6. The van der Waals surface area contributed by atoms with Crippen molar-refractivity contribution in [2.45, 2.75) is 18.9 Å². The van der Waals surface area contributed by atoms with Crippen LogP contribution in [0.4, 0.5) is 5.69 Å². The van der Waals surface area contributed by atoms with Crippen LogP contribution in [0.1, 0.15) is 22.5 Å². The van der Waals surface area contributed by atoms with Crippen molar-refractivity contribution in [1.29, 1.82) is 0 Å². The number of fused-ring (bicyclic) bond motifs is 1. The SMILES string of the molecule is O=C(COC(=O)c1cc2cc([N+](=O)[O-])ccc2s1)NC[C@@H]1CCCO1. The maximum absolute atomic E-state index is 12.0. The molecule has 1 atom stereocenters. The number of amides is 1. The Hall–Kier alpha value is -2.52. The van der Waals surface area contributed by atoms with Gasteiger partial charge in [0.25, 0.3) is 11.6 Å².